The molecule has 1 heterocycles. The number of hydrogen-bond donors (Lipinski definition) is 1. The molecule has 1 aromatic rings. The van der Waals surface area contributed by atoms with Crippen LogP contribution in [-0.4, -0.2) is 16.0 Å². The third-order valence-corrected chi connectivity index (χ3v) is 5.36. The number of nitrogens with two attached hydrogens (primary N) is 1. The van der Waals surface area contributed by atoms with Gasteiger partial charge in [0.05, 0.1) is 6.54 Å². The Kier molecular flexibility index (Phi) is 2.37. The second-order valence-electron chi connectivity index (χ2n) is 6.73. The van der Waals surface area contributed by atoms with Crippen LogP contribution < -0.4 is 5.73 Å². The first-order chi connectivity index (χ1) is 9.18. The molecule has 0 radical (unpaired) electrons. The summed E-state index contributed by atoms with van der Waals surface area (Å²) >= 11 is 0. The van der Waals surface area contributed by atoms with Crippen LogP contribution in [0.4, 0.5) is 0 Å². The number of nitrogens with zero attached hydrogens (tertiary/aromatic N) is 2. The van der Waals surface area contributed by atoms with Gasteiger partial charge < -0.3 is 10.2 Å². The lowest BCUT2D eigenvalue weighted by Gasteiger charge is -2.55. The normalized spacial score (nSPS) is 39.7. The van der Waals surface area contributed by atoms with Gasteiger partial charge in [-0.3, -0.25) is 4.79 Å². The number of carbonyl (C=O) groups is 1. The number of Topliss-reactive ketones (excluding diaryl/α,β-unsaturated/α-hetero) is 1. The second-order valence-corrected chi connectivity index (χ2v) is 6.73. The van der Waals surface area contributed by atoms with Crippen LogP contribution in [0.5, 0.6) is 0 Å². The average molecular weight is 261 g/mol. The molecule has 5 nitrogen and oxygen atoms in total. The fourth-order valence-corrected chi connectivity index (χ4v) is 5.04. The first-order valence-electron chi connectivity index (χ1n) is 7.26. The van der Waals surface area contributed by atoms with E-state index in [4.69, 9.17) is 10.2 Å². The zero-order valence-electron chi connectivity index (χ0n) is 11.0. The lowest BCUT2D eigenvalue weighted by molar-refractivity contribution is -0.0369. The minimum Gasteiger partial charge on any atom is -0.417 e. The molecule has 4 aliphatic rings. The predicted molar refractivity (Wildman–Crippen MR) is 67.1 cm³/mol. The van der Waals surface area contributed by atoms with Crippen LogP contribution in [0.15, 0.2) is 4.42 Å². The van der Waals surface area contributed by atoms with Gasteiger partial charge in [0.15, 0.2) is 0 Å². The summed E-state index contributed by atoms with van der Waals surface area (Å²) in [6.07, 6.45) is 7.05. The van der Waals surface area contributed by atoms with Crippen LogP contribution in [0.1, 0.15) is 55.1 Å². The summed E-state index contributed by atoms with van der Waals surface area (Å²) in [7, 11) is 0. The summed E-state index contributed by atoms with van der Waals surface area (Å²) in [5, 5.41) is 7.72. The molecule has 4 bridgehead atoms. The van der Waals surface area contributed by atoms with Gasteiger partial charge in [0, 0.05) is 5.41 Å². The lowest BCUT2D eigenvalue weighted by atomic mass is 9.48. The predicted octanol–water partition coefficient (Wildman–Crippen LogP) is 1.93. The van der Waals surface area contributed by atoms with Crippen molar-refractivity contribution in [3.05, 3.63) is 11.8 Å². The van der Waals surface area contributed by atoms with E-state index in [1.165, 1.54) is 19.3 Å². The van der Waals surface area contributed by atoms with Crippen molar-refractivity contribution in [3.8, 4) is 0 Å². The molecule has 5 heteroatoms. The molecule has 4 saturated carbocycles. The summed E-state index contributed by atoms with van der Waals surface area (Å²) in [4.78, 5) is 12.8. The number of aromatic nitrogens is 2. The molecule has 0 aliphatic heterocycles. The van der Waals surface area contributed by atoms with Crippen LogP contribution in [0.3, 0.4) is 0 Å². The maximum absolute atomic E-state index is 12.8. The zero-order valence-corrected chi connectivity index (χ0v) is 11.0. The molecular formula is C14H19N3O2. The largest absolute Gasteiger partial charge is 0.417 e. The van der Waals surface area contributed by atoms with Crippen LogP contribution in [-0.2, 0) is 6.54 Å². The van der Waals surface area contributed by atoms with Crippen LogP contribution in [0.2, 0.25) is 0 Å². The number of ketones is 1. The first-order valence-corrected chi connectivity index (χ1v) is 7.26. The van der Waals surface area contributed by atoms with Crippen molar-refractivity contribution in [2.24, 2.45) is 28.9 Å². The molecule has 1 aromatic heterocycles. The number of hydrogen-bond acceptors (Lipinski definition) is 5. The Labute approximate surface area is 111 Å². The van der Waals surface area contributed by atoms with E-state index in [2.05, 4.69) is 10.2 Å². The maximum Gasteiger partial charge on any atom is 0.284 e. The quantitative estimate of drug-likeness (QED) is 0.841. The fourth-order valence-electron chi connectivity index (χ4n) is 5.04. The van der Waals surface area contributed by atoms with Crippen LogP contribution >= 0.6 is 0 Å². The molecule has 2 N–H and O–H groups in total. The molecule has 0 amide bonds. The van der Waals surface area contributed by atoms with Crippen molar-refractivity contribution in [2.75, 3.05) is 0 Å². The summed E-state index contributed by atoms with van der Waals surface area (Å²) in [6.45, 7) is 0.196. The summed E-state index contributed by atoms with van der Waals surface area (Å²) in [6, 6.07) is 0. The molecular weight excluding hydrogens is 242 g/mol. The minimum atomic E-state index is -0.201. The SMILES string of the molecule is NCc1nnc(C(=O)C23CC4CC(CC(C4)C2)C3)o1. The minimum absolute atomic E-state index is 0.0822. The summed E-state index contributed by atoms with van der Waals surface area (Å²) in [5.41, 5.74) is 5.26. The van der Waals surface area contributed by atoms with E-state index in [-0.39, 0.29) is 23.6 Å². The molecule has 5 rings (SSSR count). The van der Waals surface area contributed by atoms with Crippen LogP contribution in [0.25, 0.3) is 0 Å². The van der Waals surface area contributed by atoms with Crippen molar-refractivity contribution < 1.29 is 9.21 Å². The van der Waals surface area contributed by atoms with Gasteiger partial charge in [0.25, 0.3) is 5.89 Å². The number of rotatable bonds is 3. The highest BCUT2D eigenvalue weighted by atomic mass is 16.4. The van der Waals surface area contributed by atoms with Gasteiger partial charge in [0.2, 0.25) is 11.7 Å². The molecule has 19 heavy (non-hydrogen) atoms. The van der Waals surface area contributed by atoms with E-state index in [1.807, 2.05) is 0 Å². The van der Waals surface area contributed by atoms with Crippen molar-refractivity contribution in [2.45, 2.75) is 45.1 Å². The number of carbonyl (C=O) groups excluding carboxylic acids is 1. The maximum atomic E-state index is 12.8. The van der Waals surface area contributed by atoms with E-state index in [9.17, 15) is 4.79 Å². The van der Waals surface area contributed by atoms with Crippen molar-refractivity contribution >= 4 is 5.78 Å². The van der Waals surface area contributed by atoms with Gasteiger partial charge in [-0.25, -0.2) is 0 Å². The molecule has 0 spiro atoms. The molecule has 0 saturated heterocycles. The third kappa shape index (κ3) is 1.67. The van der Waals surface area contributed by atoms with E-state index in [0.29, 0.717) is 5.89 Å². The molecule has 0 unspecified atom stereocenters. The zero-order chi connectivity index (χ0) is 13.0. The Morgan fingerprint density at radius 1 is 1.16 bits per heavy atom. The van der Waals surface area contributed by atoms with Gasteiger partial charge in [-0.15, -0.1) is 10.2 Å². The highest BCUT2D eigenvalue weighted by Crippen LogP contribution is 2.60. The molecule has 4 fully saturated rings. The first kappa shape index (κ1) is 11.6. The van der Waals surface area contributed by atoms with Crippen molar-refractivity contribution in [3.63, 3.8) is 0 Å². The Hall–Kier alpha value is -1.23. The molecule has 0 atom stereocenters. The average Bonchev–Trinajstić information content (AvgIpc) is 2.84. The van der Waals surface area contributed by atoms with E-state index >= 15 is 0 Å². The standard InChI is InChI=1S/C14H19N3O2/c15-7-11-16-17-13(19-11)12(18)14-4-8-1-9(5-14)3-10(2-8)6-14/h8-10H,1-7,15H2. The smallest absolute Gasteiger partial charge is 0.284 e. The second kappa shape index (κ2) is 3.88. The van der Waals surface area contributed by atoms with Gasteiger partial charge in [-0.1, -0.05) is 0 Å². The van der Waals surface area contributed by atoms with Crippen molar-refractivity contribution in [1.82, 2.24) is 10.2 Å². The van der Waals surface area contributed by atoms with Crippen molar-refractivity contribution in [1.29, 1.82) is 0 Å². The lowest BCUT2D eigenvalue weighted by Crippen LogP contribution is -2.50. The fraction of sp³-hybridized carbons (Fsp3) is 0.786. The topological polar surface area (TPSA) is 82.0 Å². The van der Waals surface area contributed by atoms with Gasteiger partial charge in [-0.05, 0) is 56.3 Å². The Morgan fingerprint density at radius 3 is 2.21 bits per heavy atom. The molecule has 102 valence electrons. The van der Waals surface area contributed by atoms with Gasteiger partial charge >= 0.3 is 0 Å². The third-order valence-electron chi connectivity index (χ3n) is 5.36. The van der Waals surface area contributed by atoms with Gasteiger partial charge in [0.1, 0.15) is 0 Å². The van der Waals surface area contributed by atoms with Gasteiger partial charge in [-0.2, -0.15) is 0 Å². The van der Waals surface area contributed by atoms with Crippen LogP contribution in [0, 0.1) is 23.2 Å². The molecule has 0 aromatic carbocycles. The monoisotopic (exact) mass is 261 g/mol. The Balaban J connectivity index is 1.66. The van der Waals surface area contributed by atoms with E-state index in [0.717, 1.165) is 37.0 Å². The van der Waals surface area contributed by atoms with E-state index < -0.39 is 0 Å². The summed E-state index contributed by atoms with van der Waals surface area (Å²) < 4.78 is 5.39. The Morgan fingerprint density at radius 2 is 1.74 bits per heavy atom. The highest BCUT2D eigenvalue weighted by Gasteiger charge is 2.55. The van der Waals surface area contributed by atoms with E-state index in [1.54, 1.807) is 0 Å². The molecule has 4 aliphatic carbocycles. The summed E-state index contributed by atoms with van der Waals surface area (Å²) in [5.74, 6) is 2.85. The Bertz CT molecular complexity index is 487. The highest BCUT2D eigenvalue weighted by molar-refractivity contribution is 5.96.